The number of morpholine rings is 1. The second kappa shape index (κ2) is 8.31. The topological polar surface area (TPSA) is 85.3 Å². The van der Waals surface area contributed by atoms with Crippen LogP contribution in [-0.4, -0.2) is 73.6 Å². The molecule has 0 aliphatic carbocycles. The first-order valence-electron chi connectivity index (χ1n) is 7.45. The zero-order chi connectivity index (χ0) is 15.1. The fourth-order valence-electron chi connectivity index (χ4n) is 2.65. The van der Waals surface area contributed by atoms with Crippen LogP contribution >= 0.6 is 0 Å². The number of hydrogen-bond donors (Lipinski definition) is 1. The summed E-state index contributed by atoms with van der Waals surface area (Å²) in [5, 5.41) is 8.87. The Morgan fingerprint density at radius 3 is 2.90 bits per heavy atom. The maximum absolute atomic E-state index is 12.2. The number of carboxylic acids is 1. The Bertz CT molecular complexity index is 355. The first-order valence-corrected chi connectivity index (χ1v) is 7.45. The lowest BCUT2D eigenvalue weighted by Crippen LogP contribution is -2.49. The molecule has 120 valence electrons. The quantitative estimate of drug-likeness (QED) is 0.680. The van der Waals surface area contributed by atoms with Crippen LogP contribution in [0.4, 0.5) is 0 Å². The van der Waals surface area contributed by atoms with Gasteiger partial charge in [-0.05, 0) is 12.8 Å². The van der Waals surface area contributed by atoms with Crippen LogP contribution in [0.15, 0.2) is 0 Å². The molecule has 0 aromatic rings. The lowest BCUT2D eigenvalue weighted by atomic mass is 10.1. The fraction of sp³-hybridized carbons (Fsp3) is 0.857. The lowest BCUT2D eigenvalue weighted by molar-refractivity contribution is -0.147. The molecule has 2 heterocycles. The van der Waals surface area contributed by atoms with Gasteiger partial charge < -0.3 is 24.2 Å². The minimum atomic E-state index is -0.919. The highest BCUT2D eigenvalue weighted by Gasteiger charge is 2.28. The second-order valence-corrected chi connectivity index (χ2v) is 5.37. The van der Waals surface area contributed by atoms with Crippen molar-refractivity contribution in [2.75, 3.05) is 39.6 Å². The minimum Gasteiger partial charge on any atom is -0.481 e. The molecule has 1 N–H and O–H groups in total. The summed E-state index contributed by atoms with van der Waals surface area (Å²) < 4.78 is 16.2. The predicted octanol–water partition coefficient (Wildman–Crippen LogP) is 0.274. The molecule has 21 heavy (non-hydrogen) atoms. The third kappa shape index (κ3) is 5.26. The monoisotopic (exact) mass is 301 g/mol. The SMILES string of the molecule is O=C(O)CC1COCCN1C(=O)CCOCC1CCCO1. The van der Waals surface area contributed by atoms with Crippen LogP contribution in [0.1, 0.15) is 25.7 Å². The number of carboxylic acid groups (broad SMARTS) is 1. The van der Waals surface area contributed by atoms with E-state index in [0.29, 0.717) is 26.4 Å². The van der Waals surface area contributed by atoms with E-state index >= 15 is 0 Å². The van der Waals surface area contributed by atoms with Crippen molar-refractivity contribution < 1.29 is 28.9 Å². The number of ether oxygens (including phenoxy) is 3. The number of aliphatic carboxylic acids is 1. The minimum absolute atomic E-state index is 0.0723. The summed E-state index contributed by atoms with van der Waals surface area (Å²) in [6, 6.07) is -0.373. The molecule has 0 spiro atoms. The van der Waals surface area contributed by atoms with Crippen molar-refractivity contribution in [3.05, 3.63) is 0 Å². The molecular weight excluding hydrogens is 278 g/mol. The fourth-order valence-corrected chi connectivity index (χ4v) is 2.65. The maximum atomic E-state index is 12.2. The van der Waals surface area contributed by atoms with Crippen LogP contribution in [0.3, 0.4) is 0 Å². The maximum Gasteiger partial charge on any atom is 0.305 e. The summed E-state index contributed by atoms with van der Waals surface area (Å²) in [4.78, 5) is 24.6. The summed E-state index contributed by atoms with van der Waals surface area (Å²) in [7, 11) is 0. The van der Waals surface area contributed by atoms with E-state index in [1.54, 1.807) is 4.90 Å². The summed E-state index contributed by atoms with van der Waals surface area (Å²) >= 11 is 0. The highest BCUT2D eigenvalue weighted by Crippen LogP contribution is 2.14. The van der Waals surface area contributed by atoms with Crippen LogP contribution in [-0.2, 0) is 23.8 Å². The molecule has 0 radical (unpaired) electrons. The van der Waals surface area contributed by atoms with Crippen LogP contribution < -0.4 is 0 Å². The van der Waals surface area contributed by atoms with Crippen molar-refractivity contribution in [3.63, 3.8) is 0 Å². The number of carbonyl (C=O) groups excluding carboxylic acids is 1. The third-order valence-electron chi connectivity index (χ3n) is 3.75. The summed E-state index contributed by atoms with van der Waals surface area (Å²) in [6.45, 7) is 2.85. The van der Waals surface area contributed by atoms with Gasteiger partial charge in [0.15, 0.2) is 0 Å². The van der Waals surface area contributed by atoms with Gasteiger partial charge in [0.1, 0.15) is 0 Å². The highest BCUT2D eigenvalue weighted by molar-refractivity contribution is 5.78. The van der Waals surface area contributed by atoms with Crippen molar-refractivity contribution >= 4 is 11.9 Å². The second-order valence-electron chi connectivity index (χ2n) is 5.37. The Morgan fingerprint density at radius 1 is 1.33 bits per heavy atom. The molecule has 2 aliphatic rings. The van der Waals surface area contributed by atoms with Gasteiger partial charge in [-0.1, -0.05) is 0 Å². The van der Waals surface area contributed by atoms with E-state index in [1.807, 2.05) is 0 Å². The van der Waals surface area contributed by atoms with E-state index < -0.39 is 5.97 Å². The van der Waals surface area contributed by atoms with Crippen molar-refractivity contribution in [1.82, 2.24) is 4.90 Å². The standard InChI is InChI=1S/C14H23NO6/c16-13(3-6-19-10-12-2-1-5-21-12)15-4-7-20-9-11(15)8-14(17)18/h11-12H,1-10H2,(H,17,18). The Balaban J connectivity index is 1.68. The van der Waals surface area contributed by atoms with Crippen molar-refractivity contribution in [2.45, 2.75) is 37.8 Å². The molecule has 1 amide bonds. The average Bonchev–Trinajstić information content (AvgIpc) is 2.96. The van der Waals surface area contributed by atoms with Crippen LogP contribution in [0, 0.1) is 0 Å². The van der Waals surface area contributed by atoms with Crippen molar-refractivity contribution in [1.29, 1.82) is 0 Å². The normalized spacial score (nSPS) is 26.0. The van der Waals surface area contributed by atoms with Gasteiger partial charge >= 0.3 is 5.97 Å². The number of hydrogen-bond acceptors (Lipinski definition) is 5. The Kier molecular flexibility index (Phi) is 6.41. The molecule has 2 fully saturated rings. The van der Waals surface area contributed by atoms with Gasteiger partial charge in [-0.2, -0.15) is 0 Å². The largest absolute Gasteiger partial charge is 0.481 e. The molecule has 7 nitrogen and oxygen atoms in total. The molecule has 0 aromatic carbocycles. The highest BCUT2D eigenvalue weighted by atomic mass is 16.5. The Hall–Kier alpha value is -1.18. The zero-order valence-electron chi connectivity index (χ0n) is 12.2. The van der Waals surface area contributed by atoms with E-state index in [1.165, 1.54) is 0 Å². The van der Waals surface area contributed by atoms with Crippen molar-refractivity contribution in [3.8, 4) is 0 Å². The number of rotatable bonds is 7. The third-order valence-corrected chi connectivity index (χ3v) is 3.75. The van der Waals surface area contributed by atoms with Gasteiger partial charge in [-0.15, -0.1) is 0 Å². The molecule has 2 saturated heterocycles. The molecule has 2 rings (SSSR count). The number of nitrogens with zero attached hydrogens (tertiary/aromatic N) is 1. The van der Waals surface area contributed by atoms with Crippen LogP contribution in [0.5, 0.6) is 0 Å². The van der Waals surface area contributed by atoms with E-state index in [0.717, 1.165) is 19.4 Å². The van der Waals surface area contributed by atoms with E-state index in [2.05, 4.69) is 0 Å². The Labute approximate surface area is 124 Å². The molecule has 0 saturated carbocycles. The van der Waals surface area contributed by atoms with Gasteiger partial charge in [-0.3, -0.25) is 9.59 Å². The number of amides is 1. The zero-order valence-corrected chi connectivity index (χ0v) is 12.2. The molecule has 7 heteroatoms. The van der Waals surface area contributed by atoms with Gasteiger partial charge in [0.05, 0.1) is 51.4 Å². The van der Waals surface area contributed by atoms with E-state index in [-0.39, 0.29) is 37.5 Å². The lowest BCUT2D eigenvalue weighted by Gasteiger charge is -2.34. The first kappa shape index (κ1) is 16.2. The number of carbonyl (C=O) groups is 2. The van der Waals surface area contributed by atoms with Gasteiger partial charge in [0, 0.05) is 13.2 Å². The van der Waals surface area contributed by atoms with Crippen LogP contribution in [0.2, 0.25) is 0 Å². The van der Waals surface area contributed by atoms with Gasteiger partial charge in [0.2, 0.25) is 5.91 Å². The summed E-state index contributed by atoms with van der Waals surface area (Å²) in [5.74, 6) is -0.991. The molecular formula is C14H23NO6. The smallest absolute Gasteiger partial charge is 0.305 e. The van der Waals surface area contributed by atoms with Gasteiger partial charge in [-0.25, -0.2) is 0 Å². The molecule has 2 unspecified atom stereocenters. The Morgan fingerprint density at radius 2 is 2.19 bits per heavy atom. The predicted molar refractivity (Wildman–Crippen MR) is 73.0 cm³/mol. The molecule has 2 aliphatic heterocycles. The molecule has 0 aromatic heterocycles. The summed E-state index contributed by atoms with van der Waals surface area (Å²) in [6.07, 6.45) is 2.42. The molecule has 2 atom stereocenters. The summed E-state index contributed by atoms with van der Waals surface area (Å²) in [5.41, 5.74) is 0. The van der Waals surface area contributed by atoms with E-state index in [4.69, 9.17) is 19.3 Å². The van der Waals surface area contributed by atoms with E-state index in [9.17, 15) is 9.59 Å². The average molecular weight is 301 g/mol. The van der Waals surface area contributed by atoms with Crippen LogP contribution in [0.25, 0.3) is 0 Å². The first-order chi connectivity index (χ1) is 10.2. The van der Waals surface area contributed by atoms with Crippen molar-refractivity contribution in [2.24, 2.45) is 0 Å². The molecule has 0 bridgehead atoms. The van der Waals surface area contributed by atoms with Gasteiger partial charge in [0.25, 0.3) is 0 Å².